The number of nitrogens with one attached hydrogen (secondary N) is 1. The van der Waals surface area contributed by atoms with E-state index in [-0.39, 0.29) is 0 Å². The maximum absolute atomic E-state index is 9.91. The van der Waals surface area contributed by atoms with Crippen molar-refractivity contribution in [3.05, 3.63) is 53.3 Å². The molecule has 0 spiro atoms. The predicted octanol–water partition coefficient (Wildman–Crippen LogP) is 2.28. The molecule has 2 N–H and O–H groups in total. The lowest BCUT2D eigenvalue weighted by atomic mass is 10.1. The van der Waals surface area contributed by atoms with Gasteiger partial charge in [0.25, 0.3) is 0 Å². The van der Waals surface area contributed by atoms with Crippen molar-refractivity contribution in [3.8, 4) is 0 Å². The molecule has 0 aliphatic heterocycles. The van der Waals surface area contributed by atoms with Crippen molar-refractivity contribution < 1.29 is 5.11 Å². The molecular weight excluding hydrogens is 238 g/mol. The first-order chi connectivity index (χ1) is 8.25. The van der Waals surface area contributed by atoms with Crippen LogP contribution in [0.25, 0.3) is 0 Å². The first-order valence-corrected chi connectivity index (χ1v) is 5.58. The number of rotatable bonds is 4. The van der Waals surface area contributed by atoms with Gasteiger partial charge in [0.05, 0.1) is 6.10 Å². The quantitative estimate of drug-likeness (QED) is 0.873. The van der Waals surface area contributed by atoms with Crippen molar-refractivity contribution in [2.75, 3.05) is 11.9 Å². The van der Waals surface area contributed by atoms with Crippen LogP contribution in [0.15, 0.2) is 42.7 Å². The summed E-state index contributed by atoms with van der Waals surface area (Å²) < 4.78 is 0. The molecule has 0 bridgehead atoms. The number of halogens is 1. The second-order valence-corrected chi connectivity index (χ2v) is 3.96. The molecule has 1 heterocycles. The average molecular weight is 250 g/mol. The zero-order chi connectivity index (χ0) is 12.1. The van der Waals surface area contributed by atoms with Crippen LogP contribution in [0, 0.1) is 0 Å². The van der Waals surface area contributed by atoms with Crippen LogP contribution in [-0.2, 0) is 0 Å². The topological polar surface area (TPSA) is 58.0 Å². The lowest BCUT2D eigenvalue weighted by Crippen LogP contribution is -2.13. The first kappa shape index (κ1) is 11.8. The number of aliphatic hydroxyl groups excluding tert-OH is 1. The van der Waals surface area contributed by atoms with Gasteiger partial charge in [-0.1, -0.05) is 23.7 Å². The largest absolute Gasteiger partial charge is 0.387 e. The highest BCUT2D eigenvalue weighted by Gasteiger charge is 2.07. The Morgan fingerprint density at radius 1 is 1.18 bits per heavy atom. The van der Waals surface area contributed by atoms with E-state index in [1.54, 1.807) is 42.7 Å². The molecule has 1 aromatic heterocycles. The Morgan fingerprint density at radius 3 is 2.47 bits per heavy atom. The Bertz CT molecular complexity index is 461. The highest BCUT2D eigenvalue weighted by Crippen LogP contribution is 2.16. The average Bonchev–Trinajstić information content (AvgIpc) is 2.38. The molecule has 1 aromatic carbocycles. The zero-order valence-electron chi connectivity index (χ0n) is 9.05. The number of hydrogen-bond donors (Lipinski definition) is 2. The summed E-state index contributed by atoms with van der Waals surface area (Å²) in [4.78, 5) is 8.01. The summed E-state index contributed by atoms with van der Waals surface area (Å²) in [5, 5.41) is 13.5. The highest BCUT2D eigenvalue weighted by molar-refractivity contribution is 6.30. The van der Waals surface area contributed by atoms with Crippen LogP contribution >= 0.6 is 11.6 Å². The maximum atomic E-state index is 9.91. The minimum absolute atomic E-state index is 0.353. The number of benzene rings is 1. The Balaban J connectivity index is 1.93. The standard InChI is InChI=1S/C12H12ClN3O/c13-10-4-2-9(3-5-10)11(17)8-16-12-14-6-1-7-15-12/h1-7,11,17H,8H2,(H,14,15,16)/t11-/m0/s1. The fourth-order valence-electron chi connectivity index (χ4n) is 1.38. The molecule has 0 aliphatic rings. The van der Waals surface area contributed by atoms with Gasteiger partial charge in [0.2, 0.25) is 5.95 Å². The minimum atomic E-state index is -0.615. The first-order valence-electron chi connectivity index (χ1n) is 5.20. The lowest BCUT2D eigenvalue weighted by Gasteiger charge is -2.11. The van der Waals surface area contributed by atoms with E-state index in [4.69, 9.17) is 11.6 Å². The van der Waals surface area contributed by atoms with Gasteiger partial charge in [-0.3, -0.25) is 0 Å². The molecule has 0 radical (unpaired) electrons. The Morgan fingerprint density at radius 2 is 1.82 bits per heavy atom. The van der Waals surface area contributed by atoms with Gasteiger partial charge in [0.15, 0.2) is 0 Å². The summed E-state index contributed by atoms with van der Waals surface area (Å²) in [7, 11) is 0. The van der Waals surface area contributed by atoms with Gasteiger partial charge >= 0.3 is 0 Å². The summed E-state index contributed by atoms with van der Waals surface area (Å²) in [5.41, 5.74) is 0.804. The second-order valence-electron chi connectivity index (χ2n) is 3.52. The van der Waals surface area contributed by atoms with Crippen molar-refractivity contribution in [2.24, 2.45) is 0 Å². The molecule has 0 aliphatic carbocycles. The van der Waals surface area contributed by atoms with Crippen molar-refractivity contribution >= 4 is 17.5 Å². The van der Waals surface area contributed by atoms with Crippen molar-refractivity contribution in [1.29, 1.82) is 0 Å². The van der Waals surface area contributed by atoms with Gasteiger partial charge in [-0.2, -0.15) is 0 Å². The molecule has 5 heteroatoms. The Hall–Kier alpha value is -1.65. The monoisotopic (exact) mass is 249 g/mol. The summed E-state index contributed by atoms with van der Waals surface area (Å²) in [6.07, 6.45) is 2.67. The maximum Gasteiger partial charge on any atom is 0.222 e. The van der Waals surface area contributed by atoms with Crippen molar-refractivity contribution in [2.45, 2.75) is 6.10 Å². The van der Waals surface area contributed by atoms with E-state index in [0.717, 1.165) is 5.56 Å². The number of nitrogens with zero attached hydrogens (tertiary/aromatic N) is 2. The summed E-state index contributed by atoms with van der Waals surface area (Å²) in [6, 6.07) is 8.82. The number of hydrogen-bond acceptors (Lipinski definition) is 4. The molecule has 0 saturated carbocycles. The van der Waals surface area contributed by atoms with E-state index in [9.17, 15) is 5.11 Å². The molecule has 4 nitrogen and oxygen atoms in total. The van der Waals surface area contributed by atoms with Gasteiger partial charge in [-0.25, -0.2) is 9.97 Å². The zero-order valence-corrected chi connectivity index (χ0v) is 9.80. The smallest absolute Gasteiger partial charge is 0.222 e. The Kier molecular flexibility index (Phi) is 3.90. The molecule has 0 saturated heterocycles. The van der Waals surface area contributed by atoms with Crippen LogP contribution in [0.5, 0.6) is 0 Å². The molecular formula is C12H12ClN3O. The van der Waals surface area contributed by atoms with Crippen LogP contribution in [0.2, 0.25) is 5.02 Å². The fraction of sp³-hybridized carbons (Fsp3) is 0.167. The second kappa shape index (κ2) is 5.61. The van der Waals surface area contributed by atoms with Gasteiger partial charge in [-0.15, -0.1) is 0 Å². The molecule has 2 aromatic rings. The van der Waals surface area contributed by atoms with E-state index in [2.05, 4.69) is 15.3 Å². The van der Waals surface area contributed by atoms with E-state index in [1.807, 2.05) is 0 Å². The van der Waals surface area contributed by atoms with Crippen molar-refractivity contribution in [1.82, 2.24) is 9.97 Å². The van der Waals surface area contributed by atoms with Gasteiger partial charge in [-0.05, 0) is 23.8 Å². The van der Waals surface area contributed by atoms with Crippen molar-refractivity contribution in [3.63, 3.8) is 0 Å². The summed E-state index contributed by atoms with van der Waals surface area (Å²) in [5.74, 6) is 0.500. The summed E-state index contributed by atoms with van der Waals surface area (Å²) >= 11 is 5.77. The number of aromatic nitrogens is 2. The van der Waals surface area contributed by atoms with Gasteiger partial charge < -0.3 is 10.4 Å². The molecule has 2 rings (SSSR count). The fourth-order valence-corrected chi connectivity index (χ4v) is 1.51. The SMILES string of the molecule is O[C@@H](CNc1ncccn1)c1ccc(Cl)cc1. The normalized spacial score (nSPS) is 12.1. The van der Waals surface area contributed by atoms with Crippen LogP contribution in [0.3, 0.4) is 0 Å². The number of aliphatic hydroxyl groups is 1. The summed E-state index contributed by atoms with van der Waals surface area (Å²) in [6.45, 7) is 0.353. The van der Waals surface area contributed by atoms with Crippen LogP contribution < -0.4 is 5.32 Å². The third-order valence-electron chi connectivity index (χ3n) is 2.27. The predicted molar refractivity (Wildman–Crippen MR) is 66.9 cm³/mol. The molecule has 0 fully saturated rings. The van der Waals surface area contributed by atoms with E-state index in [0.29, 0.717) is 17.5 Å². The lowest BCUT2D eigenvalue weighted by molar-refractivity contribution is 0.191. The molecule has 0 amide bonds. The molecule has 88 valence electrons. The highest BCUT2D eigenvalue weighted by atomic mass is 35.5. The van der Waals surface area contributed by atoms with E-state index in [1.165, 1.54) is 0 Å². The molecule has 17 heavy (non-hydrogen) atoms. The Labute approximate surface area is 104 Å². The number of anilines is 1. The van der Waals surface area contributed by atoms with Crippen LogP contribution in [0.1, 0.15) is 11.7 Å². The minimum Gasteiger partial charge on any atom is -0.387 e. The molecule has 1 atom stereocenters. The third kappa shape index (κ3) is 3.41. The van der Waals surface area contributed by atoms with Crippen LogP contribution in [-0.4, -0.2) is 21.6 Å². The van der Waals surface area contributed by atoms with E-state index >= 15 is 0 Å². The van der Waals surface area contributed by atoms with Crippen LogP contribution in [0.4, 0.5) is 5.95 Å². The third-order valence-corrected chi connectivity index (χ3v) is 2.53. The van der Waals surface area contributed by atoms with Gasteiger partial charge in [0, 0.05) is 24.0 Å². The van der Waals surface area contributed by atoms with E-state index < -0.39 is 6.10 Å². The van der Waals surface area contributed by atoms with Gasteiger partial charge in [0.1, 0.15) is 0 Å². The molecule has 0 unspecified atom stereocenters.